The Bertz CT molecular complexity index is 418. The van der Waals surface area contributed by atoms with Gasteiger partial charge in [0.15, 0.2) is 0 Å². The second-order valence-corrected chi connectivity index (χ2v) is 3.18. The maximum absolute atomic E-state index is 11.5. The summed E-state index contributed by atoms with van der Waals surface area (Å²) < 4.78 is 9.63. The Kier molecular flexibility index (Phi) is 4.45. The largest absolute Gasteiger partial charge is 0.508 e. The summed E-state index contributed by atoms with van der Waals surface area (Å²) in [7, 11) is 1.43. The van der Waals surface area contributed by atoms with Gasteiger partial charge in [-0.3, -0.25) is 0 Å². The number of phenolic OH excluding ortho intramolecular Hbond substituents is 1. The predicted molar refractivity (Wildman–Crippen MR) is 59.8 cm³/mol. The van der Waals surface area contributed by atoms with Crippen molar-refractivity contribution in [1.82, 2.24) is 0 Å². The van der Waals surface area contributed by atoms with E-state index in [0.717, 1.165) is 0 Å². The SMILES string of the molecule is CCOC(=O)C(N=O)c1cc(OC)ccc1O. The minimum atomic E-state index is -1.38. The Morgan fingerprint density at radius 3 is 2.76 bits per heavy atom. The fourth-order valence-electron chi connectivity index (χ4n) is 1.33. The lowest BCUT2D eigenvalue weighted by Gasteiger charge is -2.11. The van der Waals surface area contributed by atoms with Crippen molar-refractivity contribution < 1.29 is 19.4 Å². The Hall–Kier alpha value is -2.11. The van der Waals surface area contributed by atoms with Crippen LogP contribution in [0.25, 0.3) is 0 Å². The van der Waals surface area contributed by atoms with Crippen LogP contribution in [-0.4, -0.2) is 24.8 Å². The number of benzene rings is 1. The third kappa shape index (κ3) is 2.93. The average molecular weight is 239 g/mol. The van der Waals surface area contributed by atoms with Crippen LogP contribution >= 0.6 is 0 Å². The van der Waals surface area contributed by atoms with Gasteiger partial charge in [0.1, 0.15) is 11.5 Å². The zero-order valence-corrected chi connectivity index (χ0v) is 9.54. The van der Waals surface area contributed by atoms with E-state index >= 15 is 0 Å². The molecule has 0 fully saturated rings. The molecule has 0 aliphatic carbocycles. The minimum Gasteiger partial charge on any atom is -0.508 e. The highest BCUT2D eigenvalue weighted by molar-refractivity contribution is 5.79. The van der Waals surface area contributed by atoms with Crippen molar-refractivity contribution in [2.75, 3.05) is 13.7 Å². The quantitative estimate of drug-likeness (QED) is 0.625. The summed E-state index contributed by atoms with van der Waals surface area (Å²) in [4.78, 5) is 22.1. The van der Waals surface area contributed by atoms with Crippen LogP contribution < -0.4 is 4.74 Å². The second kappa shape index (κ2) is 5.83. The summed E-state index contributed by atoms with van der Waals surface area (Å²) in [6, 6.07) is 2.82. The molecule has 1 N–H and O–H groups in total. The minimum absolute atomic E-state index is 0.0674. The molecule has 0 aliphatic rings. The molecule has 17 heavy (non-hydrogen) atoms. The highest BCUT2D eigenvalue weighted by atomic mass is 16.5. The van der Waals surface area contributed by atoms with Gasteiger partial charge in [0.05, 0.1) is 13.7 Å². The van der Waals surface area contributed by atoms with E-state index in [0.29, 0.717) is 5.75 Å². The van der Waals surface area contributed by atoms with E-state index in [-0.39, 0.29) is 17.9 Å². The fourth-order valence-corrected chi connectivity index (χ4v) is 1.33. The van der Waals surface area contributed by atoms with E-state index in [9.17, 15) is 14.8 Å². The summed E-state index contributed by atoms with van der Waals surface area (Å²) in [5.74, 6) is -0.592. The number of nitroso groups, excluding NO2 is 1. The van der Waals surface area contributed by atoms with Crippen LogP contribution in [0.2, 0.25) is 0 Å². The van der Waals surface area contributed by atoms with E-state index < -0.39 is 12.0 Å². The predicted octanol–water partition coefficient (Wildman–Crippen LogP) is 1.77. The maximum atomic E-state index is 11.5. The van der Waals surface area contributed by atoms with Gasteiger partial charge in [-0.1, -0.05) is 0 Å². The monoisotopic (exact) mass is 239 g/mol. The highest BCUT2D eigenvalue weighted by Crippen LogP contribution is 2.31. The third-order valence-corrected chi connectivity index (χ3v) is 2.14. The number of hydrogen-bond acceptors (Lipinski definition) is 6. The number of methoxy groups -OCH3 is 1. The Labute approximate surface area is 98.1 Å². The molecule has 1 rings (SSSR count). The molecule has 0 aliphatic heterocycles. The van der Waals surface area contributed by atoms with Gasteiger partial charge < -0.3 is 14.6 Å². The van der Waals surface area contributed by atoms with Gasteiger partial charge >= 0.3 is 5.97 Å². The fraction of sp³-hybridized carbons (Fsp3) is 0.364. The molecular weight excluding hydrogens is 226 g/mol. The number of carbonyl (C=O) groups is 1. The number of phenols is 1. The second-order valence-electron chi connectivity index (χ2n) is 3.18. The Morgan fingerprint density at radius 2 is 2.24 bits per heavy atom. The molecule has 0 saturated carbocycles. The van der Waals surface area contributed by atoms with Gasteiger partial charge in [0.2, 0.25) is 6.04 Å². The van der Waals surface area contributed by atoms with Crippen LogP contribution in [0.3, 0.4) is 0 Å². The van der Waals surface area contributed by atoms with Gasteiger partial charge in [0.25, 0.3) is 0 Å². The molecule has 1 unspecified atom stereocenters. The van der Waals surface area contributed by atoms with Crippen LogP contribution in [0.15, 0.2) is 23.4 Å². The van der Waals surface area contributed by atoms with E-state index in [1.165, 1.54) is 25.3 Å². The average Bonchev–Trinajstić information content (AvgIpc) is 2.33. The lowest BCUT2D eigenvalue weighted by Crippen LogP contribution is -2.14. The highest BCUT2D eigenvalue weighted by Gasteiger charge is 2.26. The Balaban J connectivity index is 3.10. The maximum Gasteiger partial charge on any atom is 0.339 e. The molecular formula is C11H13NO5. The number of aromatic hydroxyl groups is 1. The first kappa shape index (κ1) is 13.0. The molecule has 0 spiro atoms. The zero-order chi connectivity index (χ0) is 12.8. The smallest absolute Gasteiger partial charge is 0.339 e. The van der Waals surface area contributed by atoms with Crippen molar-refractivity contribution in [1.29, 1.82) is 0 Å². The third-order valence-electron chi connectivity index (χ3n) is 2.14. The zero-order valence-electron chi connectivity index (χ0n) is 9.54. The normalized spacial score (nSPS) is 11.6. The van der Waals surface area contributed by atoms with Crippen molar-refractivity contribution in [3.05, 3.63) is 28.7 Å². The molecule has 0 bridgehead atoms. The van der Waals surface area contributed by atoms with E-state index in [4.69, 9.17) is 9.47 Å². The molecule has 0 amide bonds. The molecule has 1 aromatic carbocycles. The van der Waals surface area contributed by atoms with Crippen LogP contribution in [0.5, 0.6) is 11.5 Å². The molecule has 0 aromatic heterocycles. The molecule has 0 heterocycles. The van der Waals surface area contributed by atoms with Gasteiger partial charge in [-0.15, -0.1) is 4.91 Å². The lowest BCUT2D eigenvalue weighted by molar-refractivity contribution is -0.144. The number of nitrogens with zero attached hydrogens (tertiary/aromatic N) is 1. The van der Waals surface area contributed by atoms with Gasteiger partial charge in [-0.25, -0.2) is 4.79 Å². The first-order chi connectivity index (χ1) is 8.13. The van der Waals surface area contributed by atoms with Gasteiger partial charge in [0, 0.05) is 5.56 Å². The number of esters is 1. The van der Waals surface area contributed by atoms with E-state index in [1.807, 2.05) is 0 Å². The van der Waals surface area contributed by atoms with Crippen molar-refractivity contribution in [3.8, 4) is 11.5 Å². The van der Waals surface area contributed by atoms with Gasteiger partial charge in [-0.05, 0) is 30.3 Å². The summed E-state index contributed by atoms with van der Waals surface area (Å²) in [6.45, 7) is 1.75. The standard InChI is InChI=1S/C11H13NO5/c1-3-17-11(14)10(12-15)8-6-7(16-2)4-5-9(8)13/h4-6,10,13H,3H2,1-2H3. The van der Waals surface area contributed by atoms with Crippen molar-refractivity contribution in [2.24, 2.45) is 5.18 Å². The van der Waals surface area contributed by atoms with Crippen molar-refractivity contribution in [2.45, 2.75) is 13.0 Å². The number of carbonyl (C=O) groups excluding carboxylic acids is 1. The topological polar surface area (TPSA) is 85.2 Å². The molecule has 1 aromatic rings. The first-order valence-electron chi connectivity index (χ1n) is 5.00. The van der Waals surface area contributed by atoms with Crippen LogP contribution in [0.1, 0.15) is 18.5 Å². The van der Waals surface area contributed by atoms with Crippen LogP contribution in [-0.2, 0) is 9.53 Å². The van der Waals surface area contributed by atoms with Crippen LogP contribution in [0, 0.1) is 4.91 Å². The van der Waals surface area contributed by atoms with Crippen molar-refractivity contribution in [3.63, 3.8) is 0 Å². The number of rotatable bonds is 5. The summed E-state index contributed by atoms with van der Waals surface area (Å²) in [6.07, 6.45) is 0. The number of ether oxygens (including phenoxy) is 2. The number of hydrogen-bond donors (Lipinski definition) is 1. The van der Waals surface area contributed by atoms with Crippen molar-refractivity contribution >= 4 is 5.97 Å². The van der Waals surface area contributed by atoms with Crippen LogP contribution in [0.4, 0.5) is 0 Å². The Morgan fingerprint density at radius 1 is 1.53 bits per heavy atom. The van der Waals surface area contributed by atoms with E-state index in [2.05, 4.69) is 5.18 Å². The summed E-state index contributed by atoms with van der Waals surface area (Å²) in [5, 5.41) is 12.3. The van der Waals surface area contributed by atoms with E-state index in [1.54, 1.807) is 6.92 Å². The first-order valence-corrected chi connectivity index (χ1v) is 5.00. The molecule has 6 heteroatoms. The van der Waals surface area contributed by atoms with Gasteiger partial charge in [-0.2, -0.15) is 0 Å². The molecule has 0 radical (unpaired) electrons. The lowest BCUT2D eigenvalue weighted by atomic mass is 10.1. The summed E-state index contributed by atoms with van der Waals surface area (Å²) >= 11 is 0. The molecule has 1 atom stereocenters. The molecule has 0 saturated heterocycles. The summed E-state index contributed by atoms with van der Waals surface area (Å²) in [5.41, 5.74) is 0.0674. The molecule has 92 valence electrons. The molecule has 6 nitrogen and oxygen atoms in total.